The van der Waals surface area contributed by atoms with Crippen LogP contribution < -0.4 is 19.7 Å². The second kappa shape index (κ2) is 8.36. The van der Waals surface area contributed by atoms with Gasteiger partial charge in [0.1, 0.15) is 22.6 Å². The van der Waals surface area contributed by atoms with Crippen molar-refractivity contribution in [2.45, 2.75) is 0 Å². The lowest BCUT2D eigenvalue weighted by Crippen LogP contribution is -2.26. The van der Waals surface area contributed by atoms with E-state index in [1.54, 1.807) is 60.7 Å². The van der Waals surface area contributed by atoms with Crippen LogP contribution in [0, 0.1) is 0 Å². The standard InChI is InChI=1S/C20H13O6P/c21-19(25-14-8-3-1-4-9-14)16-12-7-13-17(18(16)27(23)24)20(22)26-15-10-5-2-6-11-15/h1-13H. The maximum absolute atomic E-state index is 12.4. The van der Waals surface area contributed by atoms with E-state index < -0.39 is 25.3 Å². The lowest BCUT2D eigenvalue weighted by atomic mass is 10.1. The third-order valence-corrected chi connectivity index (χ3v) is 4.41. The molecule has 1 atom stereocenters. The molecule has 0 bridgehead atoms. The number of ether oxygens (including phenoxy) is 2. The van der Waals surface area contributed by atoms with E-state index in [0.29, 0.717) is 0 Å². The first-order valence-electron chi connectivity index (χ1n) is 7.88. The first-order valence-corrected chi connectivity index (χ1v) is 9.06. The Labute approximate surface area is 155 Å². The summed E-state index contributed by atoms with van der Waals surface area (Å²) in [6, 6.07) is 20.4. The van der Waals surface area contributed by atoms with Crippen molar-refractivity contribution in [2.75, 3.05) is 0 Å². The zero-order valence-corrected chi connectivity index (χ0v) is 14.8. The average Bonchev–Trinajstić information content (AvgIpc) is 2.68. The Morgan fingerprint density at radius 1 is 0.667 bits per heavy atom. The minimum atomic E-state index is -3.25. The molecule has 0 saturated carbocycles. The molecule has 134 valence electrons. The maximum atomic E-state index is 12.4. The second-order valence-corrected chi connectivity index (χ2v) is 6.33. The molecule has 3 aromatic rings. The van der Waals surface area contributed by atoms with Crippen LogP contribution in [0.4, 0.5) is 0 Å². The molecule has 6 nitrogen and oxygen atoms in total. The van der Waals surface area contributed by atoms with Gasteiger partial charge in [-0.15, -0.1) is 0 Å². The fourth-order valence-corrected chi connectivity index (χ4v) is 3.10. The summed E-state index contributed by atoms with van der Waals surface area (Å²) in [5, 5.41) is -0.436. The summed E-state index contributed by atoms with van der Waals surface area (Å²) in [4.78, 5) is 36.6. The highest BCUT2D eigenvalue weighted by atomic mass is 31.1. The highest BCUT2D eigenvalue weighted by molar-refractivity contribution is 7.46. The van der Waals surface area contributed by atoms with Gasteiger partial charge < -0.3 is 14.4 Å². The molecule has 0 fully saturated rings. The summed E-state index contributed by atoms with van der Waals surface area (Å²) < 4.78 is 22.1. The molecule has 7 heteroatoms. The molecule has 0 heterocycles. The fourth-order valence-electron chi connectivity index (χ4n) is 2.37. The Morgan fingerprint density at radius 2 is 1.07 bits per heavy atom. The van der Waals surface area contributed by atoms with Gasteiger partial charge >= 0.3 is 20.0 Å². The van der Waals surface area contributed by atoms with E-state index in [-0.39, 0.29) is 22.6 Å². The lowest BCUT2D eigenvalue weighted by molar-refractivity contribution is -0.160. The highest BCUT2D eigenvalue weighted by Gasteiger charge is 2.30. The predicted octanol–water partition coefficient (Wildman–Crippen LogP) is 2.85. The van der Waals surface area contributed by atoms with Gasteiger partial charge in [0.2, 0.25) is 5.30 Å². The molecule has 27 heavy (non-hydrogen) atoms. The van der Waals surface area contributed by atoms with Crippen LogP contribution >= 0.6 is 8.03 Å². The Balaban J connectivity index is 1.94. The third kappa shape index (κ3) is 4.44. The molecule has 0 N–H and O–H groups in total. The van der Waals surface area contributed by atoms with Crippen molar-refractivity contribution in [2.24, 2.45) is 0 Å². The molecule has 0 radical (unpaired) electrons. The van der Waals surface area contributed by atoms with Crippen LogP contribution in [-0.2, 0) is 4.57 Å². The Hall–Kier alpha value is -3.34. The number of esters is 2. The van der Waals surface area contributed by atoms with Crippen molar-refractivity contribution < 1.29 is 28.5 Å². The van der Waals surface area contributed by atoms with Gasteiger partial charge in [0.05, 0.1) is 0 Å². The van der Waals surface area contributed by atoms with Gasteiger partial charge in [-0.2, -0.15) is 0 Å². The average molecular weight is 380 g/mol. The number of rotatable bonds is 5. The molecule has 0 aromatic heterocycles. The minimum Gasteiger partial charge on any atom is -0.591 e. The van der Waals surface area contributed by atoms with Crippen molar-refractivity contribution in [1.29, 1.82) is 0 Å². The van der Waals surface area contributed by atoms with Crippen molar-refractivity contribution in [3.05, 3.63) is 90.0 Å². The maximum Gasteiger partial charge on any atom is 0.350 e. The van der Waals surface area contributed by atoms with E-state index in [2.05, 4.69) is 0 Å². The highest BCUT2D eigenvalue weighted by Crippen LogP contribution is 2.20. The number of para-hydroxylation sites is 2. The van der Waals surface area contributed by atoms with Crippen molar-refractivity contribution in [3.8, 4) is 11.5 Å². The van der Waals surface area contributed by atoms with E-state index in [4.69, 9.17) is 9.47 Å². The topological polar surface area (TPSA) is 92.7 Å². The molecule has 0 saturated heterocycles. The quantitative estimate of drug-likeness (QED) is 0.384. The summed E-state index contributed by atoms with van der Waals surface area (Å²) in [7, 11) is -3.25. The van der Waals surface area contributed by atoms with Crippen LogP contribution in [-0.4, -0.2) is 11.9 Å². The summed E-state index contributed by atoms with van der Waals surface area (Å²) in [6.45, 7) is 0. The summed E-state index contributed by atoms with van der Waals surface area (Å²) in [5.74, 6) is -1.26. The molecule has 0 aliphatic rings. The summed E-state index contributed by atoms with van der Waals surface area (Å²) >= 11 is 0. The first-order chi connectivity index (χ1) is 13.1. The van der Waals surface area contributed by atoms with E-state index in [1.807, 2.05) is 0 Å². The molecular weight excluding hydrogens is 367 g/mol. The Bertz CT molecular complexity index is 914. The Kier molecular flexibility index (Phi) is 5.71. The number of carbonyl (C=O) groups excluding carboxylic acids is 2. The van der Waals surface area contributed by atoms with Gasteiger partial charge in [-0.3, -0.25) is 0 Å². The minimum absolute atomic E-state index is 0.238. The van der Waals surface area contributed by atoms with Gasteiger partial charge in [-0.05, 0) is 36.4 Å². The van der Waals surface area contributed by atoms with Gasteiger partial charge in [0.25, 0.3) is 0 Å². The second-order valence-electron chi connectivity index (χ2n) is 5.36. The Morgan fingerprint density at radius 3 is 1.44 bits per heavy atom. The molecule has 1 unspecified atom stereocenters. The molecule has 0 amide bonds. The number of hydrogen-bond acceptors (Lipinski definition) is 6. The predicted molar refractivity (Wildman–Crippen MR) is 96.5 cm³/mol. The van der Waals surface area contributed by atoms with Gasteiger partial charge in [-0.1, -0.05) is 47.0 Å². The zero-order valence-electron chi connectivity index (χ0n) is 13.9. The molecule has 0 spiro atoms. The normalized spacial score (nSPS) is 10.8. The smallest absolute Gasteiger partial charge is 0.350 e. The van der Waals surface area contributed by atoms with Gasteiger partial charge in [-0.25, -0.2) is 9.59 Å². The summed E-state index contributed by atoms with van der Waals surface area (Å²) in [6.07, 6.45) is 0. The molecule has 0 aliphatic heterocycles. The first kappa shape index (κ1) is 18.5. The fraction of sp³-hybridized carbons (Fsp3) is 0. The van der Waals surface area contributed by atoms with E-state index in [9.17, 15) is 19.0 Å². The number of hydrogen-bond donors (Lipinski definition) is 0. The molecule has 3 rings (SSSR count). The van der Waals surface area contributed by atoms with E-state index in [1.165, 1.54) is 18.2 Å². The van der Waals surface area contributed by atoms with Crippen LogP contribution in [0.3, 0.4) is 0 Å². The van der Waals surface area contributed by atoms with Crippen LogP contribution in [0.1, 0.15) is 20.7 Å². The number of carbonyl (C=O) groups is 2. The van der Waals surface area contributed by atoms with Gasteiger partial charge in [0.15, 0.2) is 0 Å². The summed E-state index contributed by atoms with van der Waals surface area (Å²) in [5.41, 5.74) is -0.477. The number of benzene rings is 3. The van der Waals surface area contributed by atoms with E-state index in [0.717, 1.165) is 0 Å². The van der Waals surface area contributed by atoms with Crippen molar-refractivity contribution in [3.63, 3.8) is 0 Å². The third-order valence-electron chi connectivity index (χ3n) is 3.57. The SMILES string of the molecule is O=C(Oc1ccccc1)c1cccc(C(=O)Oc2ccccc2)c1[P+](=O)[O-]. The molecule has 0 aliphatic carbocycles. The zero-order chi connectivity index (χ0) is 19.2. The van der Waals surface area contributed by atoms with Crippen LogP contribution in [0.5, 0.6) is 11.5 Å². The van der Waals surface area contributed by atoms with Crippen molar-refractivity contribution >= 4 is 25.3 Å². The van der Waals surface area contributed by atoms with E-state index >= 15 is 0 Å². The van der Waals surface area contributed by atoms with Crippen LogP contribution in [0.2, 0.25) is 0 Å². The van der Waals surface area contributed by atoms with Crippen molar-refractivity contribution in [1.82, 2.24) is 0 Å². The molecule has 3 aromatic carbocycles. The largest absolute Gasteiger partial charge is 0.591 e. The van der Waals surface area contributed by atoms with Gasteiger partial charge in [0, 0.05) is 0 Å². The lowest BCUT2D eigenvalue weighted by Gasteiger charge is -2.09. The monoisotopic (exact) mass is 380 g/mol. The van der Waals surface area contributed by atoms with Crippen LogP contribution in [0.15, 0.2) is 78.9 Å². The molecular formula is C20H13O6P. The van der Waals surface area contributed by atoms with Crippen LogP contribution in [0.25, 0.3) is 0 Å².